The zero-order valence-electron chi connectivity index (χ0n) is 11.7. The number of nitro benzene ring substituents is 1. The second kappa shape index (κ2) is 6.13. The number of aromatic hydroxyl groups is 1. The number of ether oxygens (including phenoxy) is 1. The van der Waals surface area contributed by atoms with Crippen molar-refractivity contribution in [2.75, 3.05) is 12.4 Å². The lowest BCUT2D eigenvalue weighted by atomic mass is 10.1. The maximum Gasteiger partial charge on any atom is 0.269 e. The molecule has 2 rings (SSSR count). The molecule has 0 bridgehead atoms. The number of non-ortho nitro benzene ring substituents is 1. The van der Waals surface area contributed by atoms with Crippen LogP contribution in [-0.4, -0.2) is 17.1 Å². The van der Waals surface area contributed by atoms with E-state index in [1.807, 2.05) is 6.92 Å². The molecule has 2 aromatic carbocycles. The average Bonchev–Trinajstić information content (AvgIpc) is 2.47. The van der Waals surface area contributed by atoms with Crippen molar-refractivity contribution in [2.24, 2.45) is 0 Å². The number of methoxy groups -OCH3 is 1. The molecule has 0 saturated heterocycles. The third-order valence-electron chi connectivity index (χ3n) is 3.17. The van der Waals surface area contributed by atoms with Crippen molar-refractivity contribution < 1.29 is 14.8 Å². The summed E-state index contributed by atoms with van der Waals surface area (Å²) in [6.07, 6.45) is 0. The van der Waals surface area contributed by atoms with Gasteiger partial charge in [-0.2, -0.15) is 0 Å². The van der Waals surface area contributed by atoms with Crippen LogP contribution < -0.4 is 10.1 Å². The molecule has 2 aromatic rings. The van der Waals surface area contributed by atoms with Crippen LogP contribution in [0.15, 0.2) is 42.5 Å². The highest BCUT2D eigenvalue weighted by molar-refractivity contribution is 5.51. The van der Waals surface area contributed by atoms with E-state index < -0.39 is 4.92 Å². The molecule has 1 unspecified atom stereocenters. The van der Waals surface area contributed by atoms with Gasteiger partial charge in [0, 0.05) is 29.4 Å². The van der Waals surface area contributed by atoms with Gasteiger partial charge in [-0.25, -0.2) is 0 Å². The highest BCUT2D eigenvalue weighted by Gasteiger charge is 2.12. The highest BCUT2D eigenvalue weighted by Crippen LogP contribution is 2.30. The Morgan fingerprint density at radius 1 is 1.24 bits per heavy atom. The fraction of sp³-hybridized carbons (Fsp3) is 0.200. The molecule has 0 aliphatic rings. The molecule has 0 saturated carbocycles. The van der Waals surface area contributed by atoms with Crippen molar-refractivity contribution in [3.63, 3.8) is 0 Å². The van der Waals surface area contributed by atoms with E-state index in [1.54, 1.807) is 30.3 Å². The molecule has 110 valence electrons. The van der Waals surface area contributed by atoms with E-state index in [1.165, 1.54) is 19.2 Å². The average molecular weight is 288 g/mol. The Hall–Kier alpha value is -2.76. The van der Waals surface area contributed by atoms with Gasteiger partial charge in [0.1, 0.15) is 11.5 Å². The number of nitrogens with one attached hydrogen (secondary N) is 1. The van der Waals surface area contributed by atoms with Crippen molar-refractivity contribution >= 4 is 11.4 Å². The zero-order valence-corrected chi connectivity index (χ0v) is 11.7. The van der Waals surface area contributed by atoms with E-state index in [-0.39, 0.29) is 17.5 Å². The molecule has 2 N–H and O–H groups in total. The molecule has 6 heteroatoms. The predicted molar refractivity (Wildman–Crippen MR) is 79.8 cm³/mol. The minimum atomic E-state index is -0.442. The predicted octanol–water partition coefficient (Wildman–Crippen LogP) is 3.48. The Labute approximate surface area is 122 Å². The summed E-state index contributed by atoms with van der Waals surface area (Å²) in [5.74, 6) is 0.718. The van der Waals surface area contributed by atoms with E-state index in [4.69, 9.17) is 4.74 Å². The van der Waals surface area contributed by atoms with E-state index >= 15 is 0 Å². The Kier molecular flexibility index (Phi) is 4.27. The van der Waals surface area contributed by atoms with Crippen molar-refractivity contribution in [3.8, 4) is 11.5 Å². The van der Waals surface area contributed by atoms with Gasteiger partial charge >= 0.3 is 0 Å². The van der Waals surface area contributed by atoms with Gasteiger partial charge < -0.3 is 15.2 Å². The Bertz CT molecular complexity index is 641. The first-order valence-electron chi connectivity index (χ1n) is 6.39. The summed E-state index contributed by atoms with van der Waals surface area (Å²) in [5, 5.41) is 23.8. The Balaban J connectivity index is 2.13. The van der Waals surface area contributed by atoms with Gasteiger partial charge in [0.15, 0.2) is 0 Å². The van der Waals surface area contributed by atoms with Gasteiger partial charge in [-0.05, 0) is 31.2 Å². The molecule has 6 nitrogen and oxygen atoms in total. The lowest BCUT2D eigenvalue weighted by Gasteiger charge is -2.17. The monoisotopic (exact) mass is 288 g/mol. The summed E-state index contributed by atoms with van der Waals surface area (Å²) >= 11 is 0. The van der Waals surface area contributed by atoms with Crippen molar-refractivity contribution in [2.45, 2.75) is 13.0 Å². The van der Waals surface area contributed by atoms with Gasteiger partial charge in [0.05, 0.1) is 18.1 Å². The fourth-order valence-electron chi connectivity index (χ4n) is 2.02. The van der Waals surface area contributed by atoms with E-state index in [9.17, 15) is 15.2 Å². The quantitative estimate of drug-likeness (QED) is 0.650. The minimum absolute atomic E-state index is 0.0421. The number of phenols is 1. The molecule has 0 aromatic heterocycles. The summed E-state index contributed by atoms with van der Waals surface area (Å²) in [6, 6.07) is 11.1. The van der Waals surface area contributed by atoms with Crippen LogP contribution in [0.4, 0.5) is 11.4 Å². The molecule has 0 radical (unpaired) electrons. The third-order valence-corrected chi connectivity index (χ3v) is 3.17. The first-order chi connectivity index (χ1) is 10.0. The zero-order chi connectivity index (χ0) is 15.4. The standard InChI is InChI=1S/C15H16N2O4/c1-10(14-8-7-13(21-2)9-15(14)18)16-11-3-5-12(6-4-11)17(19)20/h3-10,16,18H,1-2H3. The number of benzene rings is 2. The number of nitro groups is 1. The number of hydrogen-bond acceptors (Lipinski definition) is 5. The molecule has 0 amide bonds. The first kappa shape index (κ1) is 14.6. The summed E-state index contributed by atoms with van der Waals surface area (Å²) in [7, 11) is 1.53. The van der Waals surface area contributed by atoms with Crippen LogP contribution in [0, 0.1) is 10.1 Å². The topological polar surface area (TPSA) is 84.6 Å². The van der Waals surface area contributed by atoms with Crippen molar-refractivity contribution in [1.82, 2.24) is 0 Å². The molecule has 21 heavy (non-hydrogen) atoms. The summed E-state index contributed by atoms with van der Waals surface area (Å²) in [5.41, 5.74) is 1.50. The molecular weight excluding hydrogens is 272 g/mol. The summed E-state index contributed by atoms with van der Waals surface area (Å²) in [4.78, 5) is 10.2. The first-order valence-corrected chi connectivity index (χ1v) is 6.39. The van der Waals surface area contributed by atoms with Gasteiger partial charge in [-0.15, -0.1) is 0 Å². The fourth-order valence-corrected chi connectivity index (χ4v) is 2.02. The van der Waals surface area contributed by atoms with E-state index in [0.717, 1.165) is 5.69 Å². The van der Waals surface area contributed by atoms with Crippen LogP contribution in [-0.2, 0) is 0 Å². The molecule has 0 heterocycles. The lowest BCUT2D eigenvalue weighted by molar-refractivity contribution is -0.384. The molecule has 0 aliphatic heterocycles. The van der Waals surface area contributed by atoms with Crippen LogP contribution in [0.25, 0.3) is 0 Å². The molecule has 0 spiro atoms. The number of nitrogens with zero attached hydrogens (tertiary/aromatic N) is 1. The second-order valence-corrected chi connectivity index (χ2v) is 4.59. The van der Waals surface area contributed by atoms with Crippen molar-refractivity contribution in [3.05, 3.63) is 58.1 Å². The number of rotatable bonds is 5. The smallest absolute Gasteiger partial charge is 0.269 e. The maximum atomic E-state index is 10.6. The van der Waals surface area contributed by atoms with E-state index in [2.05, 4.69) is 5.32 Å². The number of phenolic OH excluding ortho intramolecular Hbond substituents is 1. The van der Waals surface area contributed by atoms with Crippen LogP contribution in [0.3, 0.4) is 0 Å². The number of hydrogen-bond donors (Lipinski definition) is 2. The third kappa shape index (κ3) is 3.42. The van der Waals surface area contributed by atoms with Gasteiger partial charge in [-0.3, -0.25) is 10.1 Å². The molecule has 0 aliphatic carbocycles. The highest BCUT2D eigenvalue weighted by atomic mass is 16.6. The Morgan fingerprint density at radius 3 is 2.43 bits per heavy atom. The molecule has 1 atom stereocenters. The lowest BCUT2D eigenvalue weighted by Crippen LogP contribution is -2.07. The summed E-state index contributed by atoms with van der Waals surface area (Å²) < 4.78 is 5.04. The summed E-state index contributed by atoms with van der Waals surface area (Å²) in [6.45, 7) is 1.89. The largest absolute Gasteiger partial charge is 0.507 e. The van der Waals surface area contributed by atoms with Crippen LogP contribution >= 0.6 is 0 Å². The molecule has 0 fully saturated rings. The van der Waals surface area contributed by atoms with Gasteiger partial charge in [0.25, 0.3) is 5.69 Å². The molecular formula is C15H16N2O4. The normalized spacial score (nSPS) is 11.7. The van der Waals surface area contributed by atoms with Crippen LogP contribution in [0.5, 0.6) is 11.5 Å². The van der Waals surface area contributed by atoms with Gasteiger partial charge in [0.2, 0.25) is 0 Å². The Morgan fingerprint density at radius 2 is 1.90 bits per heavy atom. The van der Waals surface area contributed by atoms with Crippen LogP contribution in [0.2, 0.25) is 0 Å². The maximum absolute atomic E-state index is 10.6. The van der Waals surface area contributed by atoms with Crippen molar-refractivity contribution in [1.29, 1.82) is 0 Å². The minimum Gasteiger partial charge on any atom is -0.507 e. The van der Waals surface area contributed by atoms with E-state index in [0.29, 0.717) is 11.3 Å². The van der Waals surface area contributed by atoms with Gasteiger partial charge in [-0.1, -0.05) is 0 Å². The SMILES string of the molecule is COc1ccc(C(C)Nc2ccc([N+](=O)[O-])cc2)c(O)c1. The van der Waals surface area contributed by atoms with Crippen LogP contribution in [0.1, 0.15) is 18.5 Å². The number of anilines is 1. The second-order valence-electron chi connectivity index (χ2n) is 4.59.